The molecule has 2 fully saturated rings. The van der Waals surface area contributed by atoms with Crippen LogP contribution in [0.1, 0.15) is 63.5 Å². The average Bonchev–Trinajstić information content (AvgIpc) is 2.97. The summed E-state index contributed by atoms with van der Waals surface area (Å²) in [6, 6.07) is 19.8. The summed E-state index contributed by atoms with van der Waals surface area (Å²) in [6.45, 7) is 6.81. The highest BCUT2D eigenvalue weighted by molar-refractivity contribution is 5.67. The Labute approximate surface area is 241 Å². The van der Waals surface area contributed by atoms with Gasteiger partial charge in [0.15, 0.2) is 0 Å². The zero-order valence-corrected chi connectivity index (χ0v) is 24.1. The van der Waals surface area contributed by atoms with Crippen LogP contribution < -0.4 is 20.9 Å². The monoisotopic (exact) mass is 565 g/mol. The molecule has 220 valence electrons. The highest BCUT2D eigenvalue weighted by atomic mass is 19.4. The van der Waals surface area contributed by atoms with E-state index in [-0.39, 0.29) is 6.04 Å². The fourth-order valence-electron chi connectivity index (χ4n) is 6.08. The van der Waals surface area contributed by atoms with E-state index in [9.17, 15) is 13.2 Å². The van der Waals surface area contributed by atoms with Crippen LogP contribution in [0.5, 0.6) is 0 Å². The summed E-state index contributed by atoms with van der Waals surface area (Å²) >= 11 is 0. The summed E-state index contributed by atoms with van der Waals surface area (Å²) < 4.78 is 39.1. The Hall–Kier alpha value is -3.10. The predicted octanol–water partition coefficient (Wildman–Crippen LogP) is 7.25. The van der Waals surface area contributed by atoms with Crippen molar-refractivity contribution in [1.29, 1.82) is 0 Å². The number of benzene rings is 2. The van der Waals surface area contributed by atoms with Gasteiger partial charge in [0.2, 0.25) is 0 Å². The number of nitrogens with zero attached hydrogens (tertiary/aromatic N) is 2. The number of hydrogen-bond acceptors (Lipinski definition) is 5. The molecule has 0 unspecified atom stereocenters. The maximum absolute atomic E-state index is 13.0. The van der Waals surface area contributed by atoms with E-state index >= 15 is 0 Å². The number of aromatic nitrogens is 1. The van der Waals surface area contributed by atoms with Crippen LogP contribution >= 0.6 is 0 Å². The molecule has 3 aromatic rings. The first-order chi connectivity index (χ1) is 19.7. The maximum atomic E-state index is 13.0. The SMILES string of the molecule is CC(C)NCc1cccc(-c2ccnc(N[C@@H]3CCCC[C@H]3N[C@H]3CCCN(c4ccc(C(F)(F)F)cc4)C3)c2)c1. The summed E-state index contributed by atoms with van der Waals surface area (Å²) in [5.41, 5.74) is 3.85. The van der Waals surface area contributed by atoms with Crippen LogP contribution in [-0.2, 0) is 12.7 Å². The Kier molecular flexibility index (Phi) is 9.50. The largest absolute Gasteiger partial charge is 0.416 e. The first kappa shape index (κ1) is 29.4. The average molecular weight is 566 g/mol. The molecule has 2 aliphatic rings. The number of rotatable bonds is 9. The second kappa shape index (κ2) is 13.3. The molecule has 0 radical (unpaired) electrons. The summed E-state index contributed by atoms with van der Waals surface area (Å²) in [7, 11) is 0. The van der Waals surface area contributed by atoms with Crippen molar-refractivity contribution in [2.45, 2.75) is 89.3 Å². The third-order valence-electron chi connectivity index (χ3n) is 8.26. The molecule has 0 bridgehead atoms. The minimum absolute atomic E-state index is 0.273. The van der Waals surface area contributed by atoms with E-state index < -0.39 is 11.7 Å². The van der Waals surface area contributed by atoms with Gasteiger partial charge in [-0.1, -0.05) is 44.9 Å². The number of hydrogen-bond donors (Lipinski definition) is 3. The molecule has 0 spiro atoms. The third-order valence-corrected chi connectivity index (χ3v) is 8.26. The topological polar surface area (TPSA) is 52.2 Å². The Balaban J connectivity index is 1.22. The summed E-state index contributed by atoms with van der Waals surface area (Å²) in [6.07, 6.45) is 4.20. The molecule has 5 nitrogen and oxygen atoms in total. The molecule has 2 heterocycles. The number of halogens is 3. The minimum Gasteiger partial charge on any atom is -0.370 e. The van der Waals surface area contributed by atoms with E-state index in [1.165, 1.54) is 36.1 Å². The molecular weight excluding hydrogens is 523 g/mol. The lowest BCUT2D eigenvalue weighted by Crippen LogP contribution is -2.55. The molecular formula is C33H42F3N5. The lowest BCUT2D eigenvalue weighted by Gasteiger charge is -2.40. The van der Waals surface area contributed by atoms with Crippen molar-refractivity contribution < 1.29 is 13.2 Å². The molecule has 3 atom stereocenters. The van der Waals surface area contributed by atoms with Gasteiger partial charge in [-0.25, -0.2) is 4.98 Å². The van der Waals surface area contributed by atoms with Crippen molar-refractivity contribution in [3.63, 3.8) is 0 Å². The second-order valence-electron chi connectivity index (χ2n) is 11.8. The molecule has 0 amide bonds. The lowest BCUT2D eigenvalue weighted by atomic mass is 9.89. The fourth-order valence-corrected chi connectivity index (χ4v) is 6.08. The van der Waals surface area contributed by atoms with Gasteiger partial charge in [-0.05, 0) is 84.8 Å². The Bertz CT molecular complexity index is 1260. The van der Waals surface area contributed by atoms with Gasteiger partial charge in [0, 0.05) is 55.7 Å². The second-order valence-corrected chi connectivity index (χ2v) is 11.8. The van der Waals surface area contributed by atoms with Crippen molar-refractivity contribution >= 4 is 11.5 Å². The zero-order chi connectivity index (χ0) is 28.8. The molecule has 41 heavy (non-hydrogen) atoms. The lowest BCUT2D eigenvalue weighted by molar-refractivity contribution is -0.137. The predicted molar refractivity (Wildman–Crippen MR) is 161 cm³/mol. The van der Waals surface area contributed by atoms with Crippen LogP contribution in [-0.4, -0.2) is 42.2 Å². The van der Waals surface area contributed by atoms with Gasteiger partial charge in [0.25, 0.3) is 0 Å². The highest BCUT2D eigenvalue weighted by Crippen LogP contribution is 2.32. The number of pyridine rings is 1. The van der Waals surface area contributed by atoms with Gasteiger partial charge in [-0.3, -0.25) is 0 Å². The van der Waals surface area contributed by atoms with Gasteiger partial charge in [0.1, 0.15) is 5.82 Å². The standard InChI is InChI=1S/C33H42F3N5/c1-23(2)38-21-24-7-5-8-25(19-24)26-16-17-37-32(20-26)40-31-11-4-3-10-30(31)39-28-9-6-18-41(22-28)29-14-12-27(13-15-29)33(34,35)36/h5,7-8,12-17,19-20,23,28,30-31,38-39H,3-4,6,9-11,18,21-22H2,1-2H3,(H,37,40)/t28-,30+,31+/m0/s1. The molecule has 1 aliphatic heterocycles. The molecule has 1 aliphatic carbocycles. The molecule has 1 saturated carbocycles. The van der Waals surface area contributed by atoms with Gasteiger partial charge in [-0.15, -0.1) is 0 Å². The smallest absolute Gasteiger partial charge is 0.370 e. The summed E-state index contributed by atoms with van der Waals surface area (Å²) in [4.78, 5) is 6.87. The van der Waals surface area contributed by atoms with E-state index in [1.807, 2.05) is 6.20 Å². The van der Waals surface area contributed by atoms with Crippen molar-refractivity contribution in [3.8, 4) is 11.1 Å². The molecule has 1 saturated heterocycles. The highest BCUT2D eigenvalue weighted by Gasteiger charge is 2.32. The maximum Gasteiger partial charge on any atom is 0.416 e. The van der Waals surface area contributed by atoms with E-state index in [4.69, 9.17) is 0 Å². The third kappa shape index (κ3) is 8.01. The number of alkyl halides is 3. The molecule has 5 rings (SSSR count). The van der Waals surface area contributed by atoms with Gasteiger partial charge in [0.05, 0.1) is 5.56 Å². The molecule has 1 aromatic heterocycles. The van der Waals surface area contributed by atoms with Crippen LogP contribution in [0.4, 0.5) is 24.7 Å². The van der Waals surface area contributed by atoms with Crippen molar-refractivity contribution in [3.05, 3.63) is 78.0 Å². The number of piperidine rings is 1. The van der Waals surface area contributed by atoms with Gasteiger partial charge < -0.3 is 20.9 Å². The van der Waals surface area contributed by atoms with Crippen molar-refractivity contribution in [2.75, 3.05) is 23.3 Å². The Morgan fingerprint density at radius 3 is 2.41 bits per heavy atom. The van der Waals surface area contributed by atoms with E-state index in [2.05, 4.69) is 76.1 Å². The minimum atomic E-state index is -4.31. The number of nitrogens with one attached hydrogen (secondary N) is 3. The van der Waals surface area contributed by atoms with Crippen LogP contribution in [0.2, 0.25) is 0 Å². The van der Waals surface area contributed by atoms with E-state index in [1.54, 1.807) is 12.1 Å². The molecule has 3 N–H and O–H groups in total. The van der Waals surface area contributed by atoms with E-state index in [0.29, 0.717) is 18.1 Å². The van der Waals surface area contributed by atoms with Crippen LogP contribution in [0.25, 0.3) is 11.1 Å². The fraction of sp³-hybridized carbons (Fsp3) is 0.485. The normalized spacial score (nSPS) is 21.7. The van der Waals surface area contributed by atoms with Crippen LogP contribution in [0, 0.1) is 0 Å². The Morgan fingerprint density at radius 1 is 0.902 bits per heavy atom. The van der Waals surface area contributed by atoms with Crippen molar-refractivity contribution in [1.82, 2.24) is 15.6 Å². The van der Waals surface area contributed by atoms with Gasteiger partial charge >= 0.3 is 6.18 Å². The molecule has 8 heteroatoms. The van der Waals surface area contributed by atoms with Crippen LogP contribution in [0.15, 0.2) is 66.9 Å². The van der Waals surface area contributed by atoms with Crippen molar-refractivity contribution in [2.24, 2.45) is 0 Å². The summed E-state index contributed by atoms with van der Waals surface area (Å²) in [5, 5.41) is 11.2. The first-order valence-electron chi connectivity index (χ1n) is 15.0. The van der Waals surface area contributed by atoms with Crippen LogP contribution in [0.3, 0.4) is 0 Å². The first-order valence-corrected chi connectivity index (χ1v) is 15.0. The van der Waals surface area contributed by atoms with Gasteiger partial charge in [-0.2, -0.15) is 13.2 Å². The zero-order valence-electron chi connectivity index (χ0n) is 24.1. The Morgan fingerprint density at radius 2 is 1.66 bits per heavy atom. The van der Waals surface area contributed by atoms with E-state index in [0.717, 1.165) is 62.4 Å². The number of anilines is 2. The quantitative estimate of drug-likeness (QED) is 0.255. The molecule has 2 aromatic carbocycles. The summed E-state index contributed by atoms with van der Waals surface area (Å²) in [5.74, 6) is 0.891.